The van der Waals surface area contributed by atoms with E-state index in [0.717, 1.165) is 25.1 Å². The molecule has 2 aromatic heterocycles. The standard InChI is InChI=1S/C15H16ClN5O/c16-13-4-1-3-12(9-13)15-20-19-14(22-15)10-17-5-2-7-21-8-6-18-11-21/h1,3-4,6,8-9,11,17H,2,5,7,10H2. The average Bonchev–Trinajstić information content (AvgIpc) is 3.18. The van der Waals surface area contributed by atoms with Crippen molar-refractivity contribution in [3.63, 3.8) is 0 Å². The molecule has 3 rings (SSSR count). The summed E-state index contributed by atoms with van der Waals surface area (Å²) in [5.41, 5.74) is 0.825. The molecule has 0 saturated heterocycles. The van der Waals surface area contributed by atoms with Crippen molar-refractivity contribution in [3.05, 3.63) is 53.9 Å². The van der Waals surface area contributed by atoms with Gasteiger partial charge in [-0.3, -0.25) is 0 Å². The van der Waals surface area contributed by atoms with E-state index in [9.17, 15) is 0 Å². The van der Waals surface area contributed by atoms with Crippen LogP contribution in [0.1, 0.15) is 12.3 Å². The van der Waals surface area contributed by atoms with Crippen LogP contribution < -0.4 is 5.32 Å². The van der Waals surface area contributed by atoms with Gasteiger partial charge < -0.3 is 14.3 Å². The number of rotatable bonds is 7. The molecule has 0 aliphatic carbocycles. The molecule has 2 heterocycles. The van der Waals surface area contributed by atoms with Gasteiger partial charge in [-0.25, -0.2) is 4.98 Å². The zero-order valence-electron chi connectivity index (χ0n) is 11.9. The first-order valence-corrected chi connectivity index (χ1v) is 7.44. The van der Waals surface area contributed by atoms with Gasteiger partial charge >= 0.3 is 0 Å². The fraction of sp³-hybridized carbons (Fsp3) is 0.267. The molecule has 3 aromatic rings. The second kappa shape index (κ2) is 7.20. The Morgan fingerprint density at radius 2 is 2.23 bits per heavy atom. The number of hydrogen-bond donors (Lipinski definition) is 1. The summed E-state index contributed by atoms with van der Waals surface area (Å²) in [5.74, 6) is 1.05. The van der Waals surface area contributed by atoms with Crippen molar-refractivity contribution in [1.29, 1.82) is 0 Å². The fourth-order valence-corrected chi connectivity index (χ4v) is 2.25. The van der Waals surface area contributed by atoms with Gasteiger partial charge in [0.05, 0.1) is 12.9 Å². The van der Waals surface area contributed by atoms with Gasteiger partial charge in [-0.05, 0) is 31.2 Å². The van der Waals surface area contributed by atoms with Crippen LogP contribution in [0.3, 0.4) is 0 Å². The zero-order valence-corrected chi connectivity index (χ0v) is 12.7. The first-order chi connectivity index (χ1) is 10.8. The third-order valence-corrected chi connectivity index (χ3v) is 3.38. The van der Waals surface area contributed by atoms with E-state index in [2.05, 4.69) is 20.5 Å². The molecule has 0 bridgehead atoms. The number of nitrogens with zero attached hydrogens (tertiary/aromatic N) is 4. The number of halogens is 1. The first-order valence-electron chi connectivity index (χ1n) is 7.06. The van der Waals surface area contributed by atoms with E-state index in [-0.39, 0.29) is 0 Å². The summed E-state index contributed by atoms with van der Waals surface area (Å²) in [6, 6.07) is 7.36. The molecule has 0 fully saturated rings. The highest BCUT2D eigenvalue weighted by Crippen LogP contribution is 2.21. The second-order valence-corrected chi connectivity index (χ2v) is 5.28. The van der Waals surface area contributed by atoms with Gasteiger partial charge in [-0.1, -0.05) is 17.7 Å². The lowest BCUT2D eigenvalue weighted by molar-refractivity contribution is 0.470. The van der Waals surface area contributed by atoms with Crippen molar-refractivity contribution >= 4 is 11.6 Å². The Hall–Kier alpha value is -2.18. The van der Waals surface area contributed by atoms with Crippen LogP contribution in [-0.4, -0.2) is 26.3 Å². The zero-order chi connectivity index (χ0) is 15.2. The first kappa shape index (κ1) is 14.7. The summed E-state index contributed by atoms with van der Waals surface area (Å²) < 4.78 is 7.67. The van der Waals surface area contributed by atoms with E-state index < -0.39 is 0 Å². The van der Waals surface area contributed by atoms with Gasteiger partial charge in [-0.2, -0.15) is 0 Å². The number of benzene rings is 1. The Kier molecular flexibility index (Phi) is 4.82. The molecule has 0 radical (unpaired) electrons. The number of aromatic nitrogens is 4. The lowest BCUT2D eigenvalue weighted by atomic mass is 10.2. The van der Waals surface area contributed by atoms with Crippen molar-refractivity contribution in [1.82, 2.24) is 25.1 Å². The van der Waals surface area contributed by atoms with Gasteiger partial charge in [0, 0.05) is 29.5 Å². The highest BCUT2D eigenvalue weighted by molar-refractivity contribution is 6.30. The van der Waals surface area contributed by atoms with Crippen molar-refractivity contribution in [3.8, 4) is 11.5 Å². The van der Waals surface area contributed by atoms with Crippen LogP contribution >= 0.6 is 11.6 Å². The molecule has 7 heteroatoms. The summed E-state index contributed by atoms with van der Waals surface area (Å²) in [5, 5.41) is 12.0. The van der Waals surface area contributed by atoms with Crippen molar-refractivity contribution < 1.29 is 4.42 Å². The van der Waals surface area contributed by atoms with Crippen molar-refractivity contribution in [2.24, 2.45) is 0 Å². The van der Waals surface area contributed by atoms with Gasteiger partial charge in [0.1, 0.15) is 0 Å². The molecule has 0 unspecified atom stereocenters. The van der Waals surface area contributed by atoms with Crippen LogP contribution in [0.25, 0.3) is 11.5 Å². The molecule has 22 heavy (non-hydrogen) atoms. The normalized spacial score (nSPS) is 11.0. The van der Waals surface area contributed by atoms with Crippen molar-refractivity contribution in [2.45, 2.75) is 19.5 Å². The van der Waals surface area contributed by atoms with E-state index in [4.69, 9.17) is 16.0 Å². The molecule has 0 aliphatic rings. The number of imidazole rings is 1. The fourth-order valence-electron chi connectivity index (χ4n) is 2.06. The molecular formula is C15H16ClN5O. The van der Waals surface area contributed by atoms with Crippen LogP contribution in [0, 0.1) is 0 Å². The molecular weight excluding hydrogens is 302 g/mol. The molecule has 0 atom stereocenters. The summed E-state index contributed by atoms with van der Waals surface area (Å²) in [6.45, 7) is 2.36. The van der Waals surface area contributed by atoms with Gasteiger partial charge in [0.2, 0.25) is 11.8 Å². The summed E-state index contributed by atoms with van der Waals surface area (Å²) >= 11 is 5.95. The Morgan fingerprint density at radius 3 is 3.05 bits per heavy atom. The van der Waals surface area contributed by atoms with Crippen LogP contribution in [-0.2, 0) is 13.1 Å². The second-order valence-electron chi connectivity index (χ2n) is 4.84. The summed E-state index contributed by atoms with van der Waals surface area (Å²) in [6.07, 6.45) is 6.55. The minimum Gasteiger partial charge on any atom is -0.419 e. The Labute approximate surface area is 133 Å². The molecule has 0 spiro atoms. The van der Waals surface area contributed by atoms with Gasteiger partial charge in [-0.15, -0.1) is 10.2 Å². The monoisotopic (exact) mass is 317 g/mol. The minimum atomic E-state index is 0.484. The van der Waals surface area contributed by atoms with Crippen LogP contribution in [0.5, 0.6) is 0 Å². The SMILES string of the molecule is Clc1cccc(-c2nnc(CNCCCn3ccnc3)o2)c1. The van der Waals surface area contributed by atoms with E-state index in [0.29, 0.717) is 23.3 Å². The largest absolute Gasteiger partial charge is 0.419 e. The van der Waals surface area contributed by atoms with E-state index >= 15 is 0 Å². The number of nitrogens with one attached hydrogen (secondary N) is 1. The Balaban J connectivity index is 1.46. The van der Waals surface area contributed by atoms with Crippen molar-refractivity contribution in [2.75, 3.05) is 6.54 Å². The maximum absolute atomic E-state index is 5.95. The maximum atomic E-state index is 5.95. The highest BCUT2D eigenvalue weighted by Gasteiger charge is 2.08. The molecule has 0 aliphatic heterocycles. The van der Waals surface area contributed by atoms with E-state index in [1.807, 2.05) is 35.3 Å². The lowest BCUT2D eigenvalue weighted by Gasteiger charge is -2.02. The van der Waals surface area contributed by atoms with Crippen LogP contribution in [0.15, 0.2) is 47.4 Å². The van der Waals surface area contributed by atoms with E-state index in [1.54, 1.807) is 12.3 Å². The van der Waals surface area contributed by atoms with E-state index in [1.165, 1.54) is 0 Å². The Morgan fingerprint density at radius 1 is 1.27 bits per heavy atom. The van der Waals surface area contributed by atoms with Crippen LogP contribution in [0.2, 0.25) is 5.02 Å². The predicted molar refractivity (Wildman–Crippen MR) is 83.3 cm³/mol. The van der Waals surface area contributed by atoms with Gasteiger partial charge in [0.15, 0.2) is 0 Å². The summed E-state index contributed by atoms with van der Waals surface area (Å²) in [4.78, 5) is 4.01. The molecule has 114 valence electrons. The average molecular weight is 318 g/mol. The number of hydrogen-bond acceptors (Lipinski definition) is 5. The quantitative estimate of drug-likeness (QED) is 0.679. The topological polar surface area (TPSA) is 68.8 Å². The molecule has 1 aromatic carbocycles. The highest BCUT2D eigenvalue weighted by atomic mass is 35.5. The lowest BCUT2D eigenvalue weighted by Crippen LogP contribution is -2.16. The molecule has 6 nitrogen and oxygen atoms in total. The third-order valence-electron chi connectivity index (χ3n) is 3.14. The minimum absolute atomic E-state index is 0.484. The Bertz CT molecular complexity index is 710. The smallest absolute Gasteiger partial charge is 0.247 e. The number of aryl methyl sites for hydroxylation is 1. The van der Waals surface area contributed by atoms with Crippen LogP contribution in [0.4, 0.5) is 0 Å². The molecule has 0 amide bonds. The summed E-state index contributed by atoms with van der Waals surface area (Å²) in [7, 11) is 0. The molecule has 1 N–H and O–H groups in total. The molecule has 0 saturated carbocycles. The van der Waals surface area contributed by atoms with Gasteiger partial charge in [0.25, 0.3) is 0 Å². The third kappa shape index (κ3) is 3.93. The maximum Gasteiger partial charge on any atom is 0.247 e. The predicted octanol–water partition coefficient (Wildman–Crippen LogP) is 2.77.